The Kier molecular flexibility index (Phi) is 4.26. The molecule has 112 valence electrons. The molecule has 2 heterocycles. The molecule has 1 amide bonds. The van der Waals surface area contributed by atoms with Crippen molar-refractivity contribution in [2.24, 2.45) is 0 Å². The van der Waals surface area contributed by atoms with Gasteiger partial charge in [0.15, 0.2) is 0 Å². The van der Waals surface area contributed by atoms with Gasteiger partial charge in [0.25, 0.3) is 0 Å². The van der Waals surface area contributed by atoms with Gasteiger partial charge in [-0.25, -0.2) is 8.78 Å². The van der Waals surface area contributed by atoms with Crippen LogP contribution in [0.2, 0.25) is 0 Å². The summed E-state index contributed by atoms with van der Waals surface area (Å²) in [6, 6.07) is 0. The summed E-state index contributed by atoms with van der Waals surface area (Å²) in [4.78, 5) is 11.0. The van der Waals surface area contributed by atoms with Crippen molar-refractivity contribution in [2.75, 3.05) is 11.9 Å². The lowest BCUT2D eigenvalue weighted by Crippen LogP contribution is -2.40. The molecule has 5 nitrogen and oxygen atoms in total. The van der Waals surface area contributed by atoms with Gasteiger partial charge in [-0.1, -0.05) is 0 Å². The highest BCUT2D eigenvalue weighted by molar-refractivity contribution is 5.96. The van der Waals surface area contributed by atoms with E-state index in [4.69, 9.17) is 4.74 Å². The van der Waals surface area contributed by atoms with E-state index in [2.05, 4.69) is 5.10 Å². The molecular weight excluding hydrogens is 282 g/mol. The number of nitrogens with one attached hydrogen (secondary N) is 1. The van der Waals surface area contributed by atoms with Gasteiger partial charge >= 0.3 is 18.3 Å². The highest BCUT2D eigenvalue weighted by atomic mass is 19.3. The maximum Gasteiger partial charge on any atom is 0.383 e. The van der Waals surface area contributed by atoms with Crippen LogP contribution in [0, 0.1) is 0 Å². The Morgan fingerprint density at radius 1 is 1.60 bits per heavy atom. The fraction of sp³-hybridized carbons (Fsp3) is 0.636. The first kappa shape index (κ1) is 14.8. The Labute approximate surface area is 111 Å². The third-order valence-corrected chi connectivity index (χ3v) is 2.88. The SMILES string of the molecule is O=C(Nc1cnn(CC2CCCO2)c1)C(F)(F)C(F)F. The fourth-order valence-corrected chi connectivity index (χ4v) is 1.84. The number of halogens is 4. The Balaban J connectivity index is 1.93. The predicted octanol–water partition coefficient (Wildman–Crippen LogP) is 1.90. The number of hydrogen-bond acceptors (Lipinski definition) is 3. The molecule has 1 unspecified atom stereocenters. The summed E-state index contributed by atoms with van der Waals surface area (Å²) in [5.41, 5.74) is -0.0617. The molecule has 1 aliphatic heterocycles. The van der Waals surface area contributed by atoms with Gasteiger partial charge in [0.2, 0.25) is 0 Å². The molecule has 1 aromatic rings. The van der Waals surface area contributed by atoms with Crippen molar-refractivity contribution in [3.63, 3.8) is 0 Å². The van der Waals surface area contributed by atoms with E-state index in [0.717, 1.165) is 19.0 Å². The van der Waals surface area contributed by atoms with Crippen molar-refractivity contribution in [1.29, 1.82) is 0 Å². The van der Waals surface area contributed by atoms with Crippen LogP contribution in [-0.4, -0.2) is 40.7 Å². The van der Waals surface area contributed by atoms with Gasteiger partial charge in [-0.15, -0.1) is 0 Å². The third kappa shape index (κ3) is 3.27. The molecule has 1 atom stereocenters. The number of anilines is 1. The summed E-state index contributed by atoms with van der Waals surface area (Å²) in [6.07, 6.45) is 0.154. The fourth-order valence-electron chi connectivity index (χ4n) is 1.84. The molecule has 0 saturated carbocycles. The Morgan fingerprint density at radius 3 is 2.95 bits per heavy atom. The molecule has 1 aliphatic rings. The number of carbonyl (C=O) groups excluding carboxylic acids is 1. The highest BCUT2D eigenvalue weighted by Gasteiger charge is 2.49. The lowest BCUT2D eigenvalue weighted by atomic mass is 10.2. The second-order valence-electron chi connectivity index (χ2n) is 4.46. The van der Waals surface area contributed by atoms with Gasteiger partial charge in [0.05, 0.1) is 24.5 Å². The number of nitrogens with zero attached hydrogens (tertiary/aromatic N) is 2. The molecule has 20 heavy (non-hydrogen) atoms. The van der Waals surface area contributed by atoms with E-state index in [-0.39, 0.29) is 11.8 Å². The van der Waals surface area contributed by atoms with Crippen LogP contribution in [0.25, 0.3) is 0 Å². The smallest absolute Gasteiger partial charge is 0.376 e. The lowest BCUT2D eigenvalue weighted by molar-refractivity contribution is -0.163. The van der Waals surface area contributed by atoms with Crippen LogP contribution in [0.3, 0.4) is 0 Å². The summed E-state index contributed by atoms with van der Waals surface area (Å²) in [5.74, 6) is -6.78. The van der Waals surface area contributed by atoms with Crippen molar-refractivity contribution in [3.8, 4) is 0 Å². The second-order valence-corrected chi connectivity index (χ2v) is 4.46. The lowest BCUT2D eigenvalue weighted by Gasteiger charge is -2.13. The summed E-state index contributed by atoms with van der Waals surface area (Å²) in [6.45, 7) is 1.08. The Bertz CT molecular complexity index is 472. The van der Waals surface area contributed by atoms with Gasteiger partial charge < -0.3 is 10.1 Å². The third-order valence-electron chi connectivity index (χ3n) is 2.88. The van der Waals surface area contributed by atoms with E-state index in [0.29, 0.717) is 13.2 Å². The first-order valence-corrected chi connectivity index (χ1v) is 6.01. The molecule has 0 bridgehead atoms. The van der Waals surface area contributed by atoms with Crippen LogP contribution < -0.4 is 5.32 Å². The number of aromatic nitrogens is 2. The first-order chi connectivity index (χ1) is 9.39. The molecule has 0 aliphatic carbocycles. The van der Waals surface area contributed by atoms with Crippen LogP contribution in [0.15, 0.2) is 12.4 Å². The minimum Gasteiger partial charge on any atom is -0.376 e. The van der Waals surface area contributed by atoms with Crippen molar-refractivity contribution < 1.29 is 27.1 Å². The summed E-state index contributed by atoms with van der Waals surface area (Å²) >= 11 is 0. The summed E-state index contributed by atoms with van der Waals surface area (Å²) < 4.78 is 56.3. The maximum absolute atomic E-state index is 12.8. The topological polar surface area (TPSA) is 56.2 Å². The van der Waals surface area contributed by atoms with E-state index in [9.17, 15) is 22.4 Å². The Morgan fingerprint density at radius 2 is 2.35 bits per heavy atom. The van der Waals surface area contributed by atoms with Crippen LogP contribution in [0.5, 0.6) is 0 Å². The number of hydrogen-bond donors (Lipinski definition) is 1. The maximum atomic E-state index is 12.8. The molecule has 1 N–H and O–H groups in total. The van der Waals surface area contributed by atoms with E-state index < -0.39 is 18.3 Å². The number of alkyl halides is 4. The van der Waals surface area contributed by atoms with Gasteiger partial charge in [0, 0.05) is 12.8 Å². The quantitative estimate of drug-likeness (QED) is 0.844. The zero-order valence-electron chi connectivity index (χ0n) is 10.4. The van der Waals surface area contributed by atoms with Crippen LogP contribution in [0.1, 0.15) is 12.8 Å². The van der Waals surface area contributed by atoms with Crippen molar-refractivity contribution in [2.45, 2.75) is 37.8 Å². The zero-order valence-corrected chi connectivity index (χ0v) is 10.4. The second kappa shape index (κ2) is 5.78. The van der Waals surface area contributed by atoms with Gasteiger partial charge in [-0.3, -0.25) is 9.48 Å². The summed E-state index contributed by atoms with van der Waals surface area (Å²) in [7, 11) is 0. The number of carbonyl (C=O) groups is 1. The largest absolute Gasteiger partial charge is 0.383 e. The Hall–Kier alpha value is -1.64. The minimum absolute atomic E-state index is 0.0130. The molecule has 0 aromatic carbocycles. The average Bonchev–Trinajstić information content (AvgIpc) is 3.01. The molecule has 1 saturated heterocycles. The molecule has 0 spiro atoms. The standard InChI is InChI=1S/C11H13F4N3O2/c12-9(13)11(14,15)10(19)17-7-4-16-18(5-7)6-8-2-1-3-20-8/h4-5,8-9H,1-3,6H2,(H,17,19). The molecule has 9 heteroatoms. The average molecular weight is 295 g/mol. The van der Waals surface area contributed by atoms with Crippen molar-refractivity contribution in [3.05, 3.63) is 12.4 Å². The first-order valence-electron chi connectivity index (χ1n) is 6.01. The van der Waals surface area contributed by atoms with Gasteiger partial charge in [-0.2, -0.15) is 13.9 Å². The highest BCUT2D eigenvalue weighted by Crippen LogP contribution is 2.24. The normalized spacial score (nSPS) is 19.6. The van der Waals surface area contributed by atoms with Crippen LogP contribution >= 0.6 is 0 Å². The van der Waals surface area contributed by atoms with Crippen LogP contribution in [-0.2, 0) is 16.1 Å². The molecule has 1 aromatic heterocycles. The molecule has 2 rings (SSSR count). The predicted molar refractivity (Wildman–Crippen MR) is 60.8 cm³/mol. The van der Waals surface area contributed by atoms with E-state index in [1.54, 1.807) is 5.32 Å². The number of rotatable bonds is 5. The molecule has 1 fully saturated rings. The van der Waals surface area contributed by atoms with Crippen LogP contribution in [0.4, 0.5) is 23.2 Å². The zero-order chi connectivity index (χ0) is 14.8. The minimum atomic E-state index is -4.73. The molecule has 0 radical (unpaired) electrons. The van der Waals surface area contributed by atoms with E-state index in [1.165, 1.54) is 10.9 Å². The van der Waals surface area contributed by atoms with E-state index >= 15 is 0 Å². The number of ether oxygens (including phenoxy) is 1. The van der Waals surface area contributed by atoms with E-state index in [1.807, 2.05) is 0 Å². The van der Waals surface area contributed by atoms with Gasteiger partial charge in [0.1, 0.15) is 0 Å². The molecular formula is C11H13F4N3O2. The van der Waals surface area contributed by atoms with Crippen molar-refractivity contribution in [1.82, 2.24) is 9.78 Å². The monoisotopic (exact) mass is 295 g/mol. The van der Waals surface area contributed by atoms with Gasteiger partial charge in [-0.05, 0) is 12.8 Å². The summed E-state index contributed by atoms with van der Waals surface area (Å²) in [5, 5.41) is 5.56. The van der Waals surface area contributed by atoms with Crippen molar-refractivity contribution >= 4 is 11.6 Å². The number of amides is 1.